The summed E-state index contributed by atoms with van der Waals surface area (Å²) in [5.41, 5.74) is 3.06. The van der Waals surface area contributed by atoms with E-state index in [4.69, 9.17) is 5.11 Å². The Labute approximate surface area is 115 Å². The summed E-state index contributed by atoms with van der Waals surface area (Å²) in [6, 6.07) is 5.97. The molecule has 1 aliphatic heterocycles. The van der Waals surface area contributed by atoms with E-state index in [9.17, 15) is 9.00 Å². The number of aliphatic carboxylic acids is 1. The number of nitrogens with zero attached hydrogens (tertiary/aromatic N) is 1. The van der Waals surface area contributed by atoms with Crippen LogP contribution in [0.1, 0.15) is 11.1 Å². The number of hydrogen-bond acceptors (Lipinski definition) is 3. The highest BCUT2D eigenvalue weighted by Gasteiger charge is 2.15. The van der Waals surface area contributed by atoms with Gasteiger partial charge in [0.25, 0.3) is 0 Å². The zero-order valence-electron chi connectivity index (χ0n) is 10.8. The van der Waals surface area contributed by atoms with Crippen molar-refractivity contribution in [2.45, 2.75) is 6.92 Å². The summed E-state index contributed by atoms with van der Waals surface area (Å²) in [6.45, 7) is 3.60. The van der Waals surface area contributed by atoms with Gasteiger partial charge < -0.3 is 10.0 Å². The van der Waals surface area contributed by atoms with Gasteiger partial charge in [0.15, 0.2) is 0 Å². The van der Waals surface area contributed by atoms with E-state index in [1.165, 1.54) is 0 Å². The minimum absolute atomic E-state index is 0.671. The van der Waals surface area contributed by atoms with Crippen LogP contribution < -0.4 is 4.90 Å². The third-order valence-electron chi connectivity index (χ3n) is 3.20. The Morgan fingerprint density at radius 3 is 2.63 bits per heavy atom. The standard InChI is InChI=1S/C14H17NO3S/c1-11-10-13(15-6-8-19(18)9-7-15)4-2-12(11)3-5-14(16)17/h2-5,10H,6-9H2,1H3,(H,16,17). The van der Waals surface area contributed by atoms with E-state index in [-0.39, 0.29) is 0 Å². The minimum Gasteiger partial charge on any atom is -0.478 e. The quantitative estimate of drug-likeness (QED) is 0.855. The molecule has 2 rings (SSSR count). The molecule has 0 saturated carbocycles. The number of carbonyl (C=O) groups is 1. The van der Waals surface area contributed by atoms with Crippen LogP contribution in [0.5, 0.6) is 0 Å². The molecule has 1 heterocycles. The molecule has 0 aromatic heterocycles. The molecular weight excluding hydrogens is 262 g/mol. The molecule has 0 bridgehead atoms. The molecule has 0 spiro atoms. The summed E-state index contributed by atoms with van der Waals surface area (Å²) in [7, 11) is -0.671. The van der Waals surface area contributed by atoms with Crippen molar-refractivity contribution in [3.05, 3.63) is 35.4 Å². The molecule has 102 valence electrons. The van der Waals surface area contributed by atoms with Crippen LogP contribution in [0.4, 0.5) is 5.69 Å². The number of anilines is 1. The largest absolute Gasteiger partial charge is 0.478 e. The maximum absolute atomic E-state index is 11.3. The lowest BCUT2D eigenvalue weighted by Crippen LogP contribution is -2.37. The minimum atomic E-state index is -0.943. The molecule has 5 heteroatoms. The number of carboxylic acid groups (broad SMARTS) is 1. The van der Waals surface area contributed by atoms with Crippen molar-refractivity contribution >= 4 is 28.5 Å². The lowest BCUT2D eigenvalue weighted by atomic mass is 10.1. The first-order valence-corrected chi connectivity index (χ1v) is 7.66. The van der Waals surface area contributed by atoms with E-state index in [0.29, 0.717) is 0 Å². The first-order chi connectivity index (χ1) is 9.06. The lowest BCUT2D eigenvalue weighted by Gasteiger charge is -2.28. The lowest BCUT2D eigenvalue weighted by molar-refractivity contribution is -0.131. The Morgan fingerprint density at radius 1 is 1.37 bits per heavy atom. The van der Waals surface area contributed by atoms with Gasteiger partial charge in [-0.1, -0.05) is 6.07 Å². The van der Waals surface area contributed by atoms with Crippen molar-refractivity contribution in [2.75, 3.05) is 29.5 Å². The van der Waals surface area contributed by atoms with Crippen LogP contribution in [0, 0.1) is 6.92 Å². The van der Waals surface area contributed by atoms with Gasteiger partial charge in [-0.15, -0.1) is 0 Å². The Hall–Kier alpha value is -1.62. The Balaban J connectivity index is 2.14. The molecule has 19 heavy (non-hydrogen) atoms. The molecular formula is C14H17NO3S. The van der Waals surface area contributed by atoms with Crippen LogP contribution in [-0.2, 0) is 15.6 Å². The van der Waals surface area contributed by atoms with Gasteiger partial charge in [-0.05, 0) is 36.3 Å². The molecule has 4 nitrogen and oxygen atoms in total. The molecule has 0 unspecified atom stereocenters. The molecule has 1 aromatic carbocycles. The second kappa shape index (κ2) is 6.02. The zero-order chi connectivity index (χ0) is 13.8. The average molecular weight is 279 g/mol. The van der Waals surface area contributed by atoms with Crippen molar-refractivity contribution in [2.24, 2.45) is 0 Å². The SMILES string of the molecule is Cc1cc(N2CCS(=O)CC2)ccc1C=CC(=O)O. The van der Waals surface area contributed by atoms with Crippen LogP contribution in [0.3, 0.4) is 0 Å². The van der Waals surface area contributed by atoms with Crippen LogP contribution in [0.15, 0.2) is 24.3 Å². The highest BCUT2D eigenvalue weighted by atomic mass is 32.2. The van der Waals surface area contributed by atoms with E-state index in [0.717, 1.165) is 47.5 Å². The summed E-state index contributed by atoms with van der Waals surface area (Å²) in [5, 5.41) is 8.63. The molecule has 0 amide bonds. The Kier molecular flexibility index (Phi) is 4.37. The molecule has 1 aromatic rings. The van der Waals surface area contributed by atoms with Crippen LogP contribution >= 0.6 is 0 Å². The normalized spacial score (nSPS) is 17.0. The van der Waals surface area contributed by atoms with Gasteiger partial charge in [-0.2, -0.15) is 0 Å². The van der Waals surface area contributed by atoms with Gasteiger partial charge in [0.1, 0.15) is 0 Å². The van der Waals surface area contributed by atoms with Crippen molar-refractivity contribution in [3.63, 3.8) is 0 Å². The average Bonchev–Trinajstić information content (AvgIpc) is 2.38. The van der Waals surface area contributed by atoms with E-state index < -0.39 is 16.8 Å². The van der Waals surface area contributed by atoms with Gasteiger partial charge in [0.2, 0.25) is 0 Å². The van der Waals surface area contributed by atoms with Crippen LogP contribution in [-0.4, -0.2) is 39.9 Å². The van der Waals surface area contributed by atoms with E-state index in [1.807, 2.05) is 19.1 Å². The molecule has 1 N–H and O–H groups in total. The maximum Gasteiger partial charge on any atom is 0.328 e. The second-order valence-electron chi connectivity index (χ2n) is 4.55. The monoisotopic (exact) mass is 279 g/mol. The smallest absolute Gasteiger partial charge is 0.328 e. The summed E-state index contributed by atoms with van der Waals surface area (Å²) >= 11 is 0. The topological polar surface area (TPSA) is 57.6 Å². The number of rotatable bonds is 3. The van der Waals surface area contributed by atoms with Crippen LogP contribution in [0.2, 0.25) is 0 Å². The fraction of sp³-hybridized carbons (Fsp3) is 0.357. The predicted octanol–water partition coefficient (Wildman–Crippen LogP) is 1.66. The second-order valence-corrected chi connectivity index (χ2v) is 6.24. The molecule has 0 aliphatic carbocycles. The van der Waals surface area contributed by atoms with Gasteiger partial charge in [-0.25, -0.2) is 4.79 Å². The Morgan fingerprint density at radius 2 is 2.05 bits per heavy atom. The summed E-state index contributed by atoms with van der Waals surface area (Å²) in [6.07, 6.45) is 2.75. The summed E-state index contributed by atoms with van der Waals surface area (Å²) in [4.78, 5) is 12.7. The fourth-order valence-corrected chi connectivity index (χ4v) is 3.15. The molecule has 1 aliphatic rings. The molecule has 0 radical (unpaired) electrons. The van der Waals surface area contributed by atoms with Crippen molar-refractivity contribution in [1.82, 2.24) is 0 Å². The van der Waals surface area contributed by atoms with E-state index >= 15 is 0 Å². The zero-order valence-corrected chi connectivity index (χ0v) is 11.7. The number of carboxylic acids is 1. The van der Waals surface area contributed by atoms with E-state index in [1.54, 1.807) is 6.08 Å². The Bertz CT molecular complexity index is 529. The highest BCUT2D eigenvalue weighted by Crippen LogP contribution is 2.21. The van der Waals surface area contributed by atoms with Crippen molar-refractivity contribution in [1.29, 1.82) is 0 Å². The molecule has 0 atom stereocenters. The fourth-order valence-electron chi connectivity index (χ4n) is 2.10. The van der Waals surface area contributed by atoms with E-state index in [2.05, 4.69) is 11.0 Å². The number of hydrogen-bond donors (Lipinski definition) is 1. The van der Waals surface area contributed by atoms with Crippen molar-refractivity contribution in [3.8, 4) is 0 Å². The number of aryl methyl sites for hydroxylation is 1. The predicted molar refractivity (Wildman–Crippen MR) is 77.9 cm³/mol. The van der Waals surface area contributed by atoms with Crippen LogP contribution in [0.25, 0.3) is 6.08 Å². The van der Waals surface area contributed by atoms with Gasteiger partial charge in [-0.3, -0.25) is 4.21 Å². The number of benzene rings is 1. The van der Waals surface area contributed by atoms with Gasteiger partial charge in [0, 0.05) is 47.2 Å². The van der Waals surface area contributed by atoms with Gasteiger partial charge >= 0.3 is 5.97 Å². The first kappa shape index (κ1) is 13.8. The third-order valence-corrected chi connectivity index (χ3v) is 4.48. The van der Waals surface area contributed by atoms with Gasteiger partial charge in [0.05, 0.1) is 0 Å². The third kappa shape index (κ3) is 3.67. The summed E-state index contributed by atoms with van der Waals surface area (Å²) in [5.74, 6) is 0.501. The first-order valence-electron chi connectivity index (χ1n) is 6.18. The highest BCUT2D eigenvalue weighted by molar-refractivity contribution is 7.85. The summed E-state index contributed by atoms with van der Waals surface area (Å²) < 4.78 is 11.3. The molecule has 1 fully saturated rings. The van der Waals surface area contributed by atoms with Crippen molar-refractivity contribution < 1.29 is 14.1 Å². The molecule has 1 saturated heterocycles. The maximum atomic E-state index is 11.3.